The van der Waals surface area contributed by atoms with Crippen LogP contribution in [0.5, 0.6) is 0 Å². The lowest BCUT2D eigenvalue weighted by molar-refractivity contribution is -0.0910. The second-order valence-electron chi connectivity index (χ2n) is 4.36. The molecule has 0 aromatic heterocycles. The SMILES string of the molecule is OC1(CCC2CC2)CCCOC1. The fourth-order valence-corrected chi connectivity index (χ4v) is 1.91. The molecule has 1 N–H and O–H groups in total. The van der Waals surface area contributed by atoms with Crippen LogP contribution in [0.1, 0.15) is 38.5 Å². The summed E-state index contributed by atoms with van der Waals surface area (Å²) in [6.07, 6.45) is 6.91. The van der Waals surface area contributed by atoms with Crippen LogP contribution in [0.15, 0.2) is 0 Å². The molecule has 1 saturated heterocycles. The minimum absolute atomic E-state index is 0.471. The van der Waals surface area contributed by atoms with Crippen molar-refractivity contribution in [1.82, 2.24) is 0 Å². The lowest BCUT2D eigenvalue weighted by atomic mass is 9.90. The van der Waals surface area contributed by atoms with Gasteiger partial charge in [-0.2, -0.15) is 0 Å². The maximum Gasteiger partial charge on any atom is 0.0881 e. The summed E-state index contributed by atoms with van der Waals surface area (Å²) < 4.78 is 5.29. The van der Waals surface area contributed by atoms with E-state index in [9.17, 15) is 5.11 Å². The highest BCUT2D eigenvalue weighted by atomic mass is 16.5. The van der Waals surface area contributed by atoms with Gasteiger partial charge in [0.05, 0.1) is 12.2 Å². The van der Waals surface area contributed by atoms with Gasteiger partial charge in [0.2, 0.25) is 0 Å². The average molecular weight is 170 g/mol. The highest BCUT2D eigenvalue weighted by molar-refractivity contribution is 4.84. The smallest absolute Gasteiger partial charge is 0.0881 e. The largest absolute Gasteiger partial charge is 0.387 e. The second-order valence-corrected chi connectivity index (χ2v) is 4.36. The Bertz CT molecular complexity index is 146. The van der Waals surface area contributed by atoms with Gasteiger partial charge < -0.3 is 9.84 Å². The monoisotopic (exact) mass is 170 g/mol. The average Bonchev–Trinajstić information content (AvgIpc) is 2.85. The minimum atomic E-state index is -0.471. The molecule has 1 heterocycles. The molecule has 1 aliphatic heterocycles. The van der Waals surface area contributed by atoms with Gasteiger partial charge in [-0.25, -0.2) is 0 Å². The van der Waals surface area contributed by atoms with Crippen LogP contribution in [0.3, 0.4) is 0 Å². The Kier molecular flexibility index (Phi) is 2.37. The molecule has 0 aromatic carbocycles. The van der Waals surface area contributed by atoms with Crippen molar-refractivity contribution in [1.29, 1.82) is 0 Å². The summed E-state index contributed by atoms with van der Waals surface area (Å²) in [5, 5.41) is 10.0. The molecule has 0 radical (unpaired) electrons. The zero-order valence-corrected chi connectivity index (χ0v) is 7.59. The predicted molar refractivity (Wildman–Crippen MR) is 47.0 cm³/mol. The molecule has 12 heavy (non-hydrogen) atoms. The molecule has 2 aliphatic rings. The molecule has 1 saturated carbocycles. The van der Waals surface area contributed by atoms with E-state index in [-0.39, 0.29) is 0 Å². The van der Waals surface area contributed by atoms with Crippen LogP contribution < -0.4 is 0 Å². The Hall–Kier alpha value is -0.0800. The van der Waals surface area contributed by atoms with E-state index in [1.54, 1.807) is 0 Å². The Morgan fingerprint density at radius 2 is 2.25 bits per heavy atom. The summed E-state index contributed by atoms with van der Waals surface area (Å²) >= 11 is 0. The molecule has 2 nitrogen and oxygen atoms in total. The second kappa shape index (κ2) is 3.35. The topological polar surface area (TPSA) is 29.5 Å². The number of rotatable bonds is 3. The van der Waals surface area contributed by atoms with Crippen molar-refractivity contribution >= 4 is 0 Å². The van der Waals surface area contributed by atoms with Crippen molar-refractivity contribution in [2.75, 3.05) is 13.2 Å². The van der Waals surface area contributed by atoms with Crippen molar-refractivity contribution in [3.8, 4) is 0 Å². The van der Waals surface area contributed by atoms with Gasteiger partial charge in [0.1, 0.15) is 0 Å². The first-order valence-corrected chi connectivity index (χ1v) is 5.09. The minimum Gasteiger partial charge on any atom is -0.387 e. The highest BCUT2D eigenvalue weighted by Crippen LogP contribution is 2.36. The lowest BCUT2D eigenvalue weighted by Gasteiger charge is -2.31. The van der Waals surface area contributed by atoms with Crippen LogP contribution in [0.25, 0.3) is 0 Å². The molecular weight excluding hydrogens is 152 g/mol. The van der Waals surface area contributed by atoms with Crippen molar-refractivity contribution in [2.45, 2.75) is 44.1 Å². The van der Waals surface area contributed by atoms with Crippen LogP contribution >= 0.6 is 0 Å². The van der Waals surface area contributed by atoms with E-state index in [1.807, 2.05) is 0 Å². The van der Waals surface area contributed by atoms with E-state index >= 15 is 0 Å². The van der Waals surface area contributed by atoms with Gasteiger partial charge >= 0.3 is 0 Å². The molecule has 0 aromatic rings. The van der Waals surface area contributed by atoms with E-state index in [0.717, 1.165) is 31.8 Å². The van der Waals surface area contributed by atoms with Gasteiger partial charge in [-0.15, -0.1) is 0 Å². The highest BCUT2D eigenvalue weighted by Gasteiger charge is 2.32. The third kappa shape index (κ3) is 2.20. The fourth-order valence-electron chi connectivity index (χ4n) is 1.91. The van der Waals surface area contributed by atoms with Crippen LogP contribution in [-0.2, 0) is 4.74 Å². The normalized spacial score (nSPS) is 36.8. The van der Waals surface area contributed by atoms with Gasteiger partial charge in [-0.1, -0.05) is 12.8 Å². The van der Waals surface area contributed by atoms with Crippen molar-refractivity contribution in [3.63, 3.8) is 0 Å². The summed E-state index contributed by atoms with van der Waals surface area (Å²) in [4.78, 5) is 0. The molecule has 1 aliphatic carbocycles. The Balaban J connectivity index is 1.73. The van der Waals surface area contributed by atoms with Crippen LogP contribution in [0.4, 0.5) is 0 Å². The molecule has 2 fully saturated rings. The first-order valence-electron chi connectivity index (χ1n) is 5.09. The third-order valence-corrected chi connectivity index (χ3v) is 3.02. The van der Waals surface area contributed by atoms with E-state index in [1.165, 1.54) is 19.3 Å². The third-order valence-electron chi connectivity index (χ3n) is 3.02. The molecule has 0 bridgehead atoms. The van der Waals surface area contributed by atoms with Gasteiger partial charge in [-0.3, -0.25) is 0 Å². The molecular formula is C10H18O2. The summed E-state index contributed by atoms with van der Waals surface area (Å²) in [5.41, 5.74) is -0.471. The molecule has 1 unspecified atom stereocenters. The standard InChI is InChI=1S/C10H18O2/c11-10(5-1-7-12-8-10)6-4-9-2-3-9/h9,11H,1-8H2. The molecule has 2 heteroatoms. The van der Waals surface area contributed by atoms with E-state index < -0.39 is 5.60 Å². The quantitative estimate of drug-likeness (QED) is 0.698. The lowest BCUT2D eigenvalue weighted by Crippen LogP contribution is -2.38. The van der Waals surface area contributed by atoms with Crippen molar-refractivity contribution in [2.24, 2.45) is 5.92 Å². The van der Waals surface area contributed by atoms with Crippen LogP contribution in [-0.4, -0.2) is 23.9 Å². The maximum absolute atomic E-state index is 10.0. The molecule has 0 spiro atoms. The molecule has 70 valence electrons. The fraction of sp³-hybridized carbons (Fsp3) is 1.00. The van der Waals surface area contributed by atoms with E-state index in [0.29, 0.717) is 6.61 Å². The number of aliphatic hydroxyl groups is 1. The summed E-state index contributed by atoms with van der Waals surface area (Å²) in [6.45, 7) is 1.41. The van der Waals surface area contributed by atoms with Gasteiger partial charge in [-0.05, 0) is 31.6 Å². The number of ether oxygens (including phenoxy) is 1. The number of hydrogen-bond donors (Lipinski definition) is 1. The molecule has 0 amide bonds. The Morgan fingerprint density at radius 3 is 2.83 bits per heavy atom. The van der Waals surface area contributed by atoms with Crippen LogP contribution in [0, 0.1) is 5.92 Å². The Morgan fingerprint density at radius 1 is 1.42 bits per heavy atom. The van der Waals surface area contributed by atoms with Gasteiger partial charge in [0.25, 0.3) is 0 Å². The van der Waals surface area contributed by atoms with E-state index in [4.69, 9.17) is 4.74 Å². The van der Waals surface area contributed by atoms with E-state index in [2.05, 4.69) is 0 Å². The first-order chi connectivity index (χ1) is 5.79. The Labute approximate surface area is 73.9 Å². The predicted octanol–water partition coefficient (Wildman–Crippen LogP) is 1.72. The summed E-state index contributed by atoms with van der Waals surface area (Å²) in [7, 11) is 0. The maximum atomic E-state index is 10.0. The summed E-state index contributed by atoms with van der Waals surface area (Å²) in [6, 6.07) is 0. The van der Waals surface area contributed by atoms with Crippen molar-refractivity contribution in [3.05, 3.63) is 0 Å². The van der Waals surface area contributed by atoms with Crippen molar-refractivity contribution < 1.29 is 9.84 Å². The number of hydrogen-bond acceptors (Lipinski definition) is 2. The zero-order valence-electron chi connectivity index (χ0n) is 7.59. The molecule has 1 atom stereocenters. The van der Waals surface area contributed by atoms with Gasteiger partial charge in [0.15, 0.2) is 0 Å². The summed E-state index contributed by atoms with van der Waals surface area (Å²) in [5.74, 6) is 0.927. The first kappa shape index (κ1) is 8.52. The van der Waals surface area contributed by atoms with Gasteiger partial charge in [0, 0.05) is 6.61 Å². The molecule has 2 rings (SSSR count). The zero-order chi connectivity index (χ0) is 8.44. The van der Waals surface area contributed by atoms with Crippen LogP contribution in [0.2, 0.25) is 0 Å².